The first-order valence-electron chi connectivity index (χ1n) is 22.2. The van der Waals surface area contributed by atoms with Crippen LogP contribution in [0.25, 0.3) is 22.3 Å². The fraction of sp³-hybridized carbons (Fsp3) is 0.429. The van der Waals surface area contributed by atoms with Gasteiger partial charge in [-0.25, -0.2) is 29.9 Å². The van der Waals surface area contributed by atoms with Crippen LogP contribution < -0.4 is 31.6 Å². The van der Waals surface area contributed by atoms with E-state index in [1.54, 1.807) is 54.6 Å². The lowest BCUT2D eigenvalue weighted by molar-refractivity contribution is -0.121. The summed E-state index contributed by atoms with van der Waals surface area (Å²) < 4.78 is 15.1. The van der Waals surface area contributed by atoms with Crippen LogP contribution >= 0.6 is 45.2 Å². The fourth-order valence-electron chi connectivity index (χ4n) is 7.77. The molecule has 2 aromatic carbocycles. The van der Waals surface area contributed by atoms with Crippen LogP contribution in [-0.2, 0) is 9.59 Å². The van der Waals surface area contributed by atoms with E-state index in [1.165, 1.54) is 0 Å². The molecule has 2 saturated carbocycles. The normalized spacial score (nSPS) is 17.7. The van der Waals surface area contributed by atoms with Gasteiger partial charge in [0.1, 0.15) is 33.7 Å². The van der Waals surface area contributed by atoms with E-state index in [0.717, 1.165) is 74.1 Å². The molecule has 4 aromatic heterocycles. The molecule has 0 spiro atoms. The number of carbonyl (C=O) groups is 2. The van der Waals surface area contributed by atoms with E-state index in [0.29, 0.717) is 32.1 Å². The van der Waals surface area contributed by atoms with Gasteiger partial charge in [0.05, 0.1) is 26.9 Å². The summed E-state index contributed by atoms with van der Waals surface area (Å²) in [5.74, 6) is 10.0. The monoisotopic (exact) mass is 1170 g/mol. The first-order chi connectivity index (χ1) is 32.8. The summed E-state index contributed by atoms with van der Waals surface area (Å²) in [6.07, 6.45) is 14.9. The first kappa shape index (κ1) is 54.1. The highest BCUT2D eigenvalue weighted by Crippen LogP contribution is 2.37. The zero-order chi connectivity index (χ0) is 50.5. The van der Waals surface area contributed by atoms with Crippen LogP contribution in [0.5, 0.6) is 11.5 Å². The molecule has 0 saturated heterocycles. The Bertz CT molecular complexity index is 2800. The number of nitrogens with zero attached hydrogens (tertiary/aromatic N) is 8. The summed E-state index contributed by atoms with van der Waals surface area (Å²) in [5, 5.41) is 24.4. The molecule has 0 bridgehead atoms. The quantitative estimate of drug-likeness (QED) is 0.0369. The molecule has 2 amide bonds. The predicted molar refractivity (Wildman–Crippen MR) is 286 cm³/mol. The van der Waals surface area contributed by atoms with Crippen molar-refractivity contribution in [1.29, 1.82) is 0 Å². The Labute approximate surface area is 429 Å². The van der Waals surface area contributed by atoms with Crippen molar-refractivity contribution in [1.82, 2.24) is 39.0 Å². The number of rotatable bonds is 8. The third-order valence-corrected chi connectivity index (χ3v) is 11.8. The van der Waals surface area contributed by atoms with Crippen molar-refractivity contribution in [3.8, 4) is 35.7 Å². The van der Waals surface area contributed by atoms with Crippen molar-refractivity contribution in [3.63, 3.8) is 0 Å². The molecule has 0 unspecified atom stereocenters. The number of terminal acetylenes is 1. The van der Waals surface area contributed by atoms with E-state index >= 15 is 0 Å². The van der Waals surface area contributed by atoms with Crippen molar-refractivity contribution in [2.24, 2.45) is 11.8 Å². The molecule has 20 heteroatoms. The lowest BCUT2D eigenvalue weighted by atomic mass is 9.85. The van der Waals surface area contributed by atoms with E-state index in [2.05, 4.69) is 108 Å². The van der Waals surface area contributed by atoms with Gasteiger partial charge in [0.15, 0.2) is 26.8 Å². The molecule has 0 atom stereocenters. The minimum atomic E-state index is -1.16. The molecule has 0 radical (unpaired) electrons. The number of carbonyl (C=O) groups excluding carboxylic acids is 2. The summed E-state index contributed by atoms with van der Waals surface area (Å²) in [6, 6.07) is 15.2. The molecule has 18 nitrogen and oxygen atoms in total. The number of benzene rings is 2. The second-order valence-electron chi connectivity index (χ2n) is 17.4. The number of nitrogens with one attached hydrogen (secondary N) is 2. The van der Waals surface area contributed by atoms with Gasteiger partial charge in [0.2, 0.25) is 17.6 Å². The van der Waals surface area contributed by atoms with Crippen LogP contribution in [0.3, 0.4) is 0 Å². The molecule has 366 valence electrons. The average Bonchev–Trinajstić information content (AvgIpc) is 3.97. The van der Waals surface area contributed by atoms with Crippen molar-refractivity contribution in [2.45, 2.75) is 102 Å². The number of amides is 2. The zero-order valence-corrected chi connectivity index (χ0v) is 44.1. The van der Waals surface area contributed by atoms with Gasteiger partial charge in [-0.15, -0.1) is 6.42 Å². The van der Waals surface area contributed by atoms with Crippen molar-refractivity contribution in [3.05, 3.63) is 70.8 Å². The number of anilines is 4. The van der Waals surface area contributed by atoms with Gasteiger partial charge >= 0.3 is 0 Å². The predicted octanol–water partition coefficient (Wildman–Crippen LogP) is 7.74. The Morgan fingerprint density at radius 2 is 1.13 bits per heavy atom. The van der Waals surface area contributed by atoms with Crippen LogP contribution in [0, 0.1) is 39.9 Å². The van der Waals surface area contributed by atoms with Gasteiger partial charge in [-0.3, -0.25) is 9.59 Å². The molecule has 8 rings (SSSR count). The molecule has 6 aromatic rings. The lowest BCUT2D eigenvalue weighted by Gasteiger charge is -2.28. The molecule has 2 aliphatic carbocycles. The van der Waals surface area contributed by atoms with Gasteiger partial charge in [0.25, 0.3) is 0 Å². The molecule has 4 heterocycles. The topological polar surface area (TPSA) is 256 Å². The minimum absolute atomic E-state index is 0.00271. The van der Waals surface area contributed by atoms with Crippen molar-refractivity contribution < 1.29 is 29.3 Å². The standard InChI is InChI=1S/C24H28N6O3.C19H21IN6O2.C5H8O.CH3I/c1-24(2,32)12-11-19-28-21(25)20-22(29-19)30(14-26-20)17-9-7-15(8-10-17)23(31)27-16-5-4-6-18(13-16)33-3;1-28-14-4-2-3-12(9-14)23-18(27)11-5-7-13(8-6-11)26-10-22-15-16(21)24-19(20)25-17(15)26;1-4-5(2,3)6;1-2/h4-6,13-15,17,32H,7-10H2,1-3H3,(H,27,31)(H2,25,28,29);2-4,9-11,13H,5-8H2,1H3,(H,23,27)(H2,21,24,25);1,6H,2-3H3;1H3. The highest BCUT2D eigenvalue weighted by Gasteiger charge is 2.30. The Morgan fingerprint density at radius 1 is 0.710 bits per heavy atom. The third kappa shape index (κ3) is 15.3. The van der Waals surface area contributed by atoms with Crippen LogP contribution in [0.2, 0.25) is 0 Å². The molecule has 8 N–H and O–H groups in total. The van der Waals surface area contributed by atoms with Gasteiger partial charge in [-0.1, -0.05) is 46.6 Å². The minimum Gasteiger partial charge on any atom is -0.497 e. The number of nitrogen functional groups attached to an aromatic ring is 2. The Morgan fingerprint density at radius 3 is 1.54 bits per heavy atom. The Balaban J connectivity index is 0.000000225. The number of aromatic nitrogens is 8. The van der Waals surface area contributed by atoms with E-state index in [1.807, 2.05) is 58.0 Å². The summed E-state index contributed by atoms with van der Waals surface area (Å²) >= 11 is 4.21. The van der Waals surface area contributed by atoms with Gasteiger partial charge in [-0.2, -0.15) is 0 Å². The second-order valence-corrected chi connectivity index (χ2v) is 18.4. The maximum absolute atomic E-state index is 12.8. The largest absolute Gasteiger partial charge is 0.497 e. The number of fused-ring (bicyclic) bond motifs is 2. The van der Waals surface area contributed by atoms with Crippen LogP contribution in [0.15, 0.2) is 61.2 Å². The average molecular weight is 1170 g/mol. The number of nitrogens with two attached hydrogens (primary N) is 2. The second kappa shape index (κ2) is 24.6. The number of imidazole rings is 2. The lowest BCUT2D eigenvalue weighted by Crippen LogP contribution is -2.28. The molecule has 2 aliphatic rings. The van der Waals surface area contributed by atoms with E-state index in [9.17, 15) is 14.7 Å². The Kier molecular flexibility index (Phi) is 19.3. The highest BCUT2D eigenvalue weighted by molar-refractivity contribution is 14.1. The summed E-state index contributed by atoms with van der Waals surface area (Å²) in [4.78, 5) is 53.6. The molecular formula is C49H60I2N12O6. The van der Waals surface area contributed by atoms with E-state index in [4.69, 9.17) is 32.5 Å². The molecule has 2 fully saturated rings. The first-order valence-corrected chi connectivity index (χ1v) is 25.5. The smallest absolute Gasteiger partial charge is 0.227 e. The number of ether oxygens (including phenoxy) is 2. The molecule has 69 heavy (non-hydrogen) atoms. The third-order valence-electron chi connectivity index (χ3n) is 11.3. The number of hydrogen-bond acceptors (Lipinski definition) is 14. The highest BCUT2D eigenvalue weighted by atomic mass is 127. The van der Waals surface area contributed by atoms with Gasteiger partial charge in [-0.05, 0) is 114 Å². The number of hydrogen-bond donors (Lipinski definition) is 6. The Hall–Kier alpha value is -5.82. The summed E-state index contributed by atoms with van der Waals surface area (Å²) in [7, 11) is 3.21. The zero-order valence-electron chi connectivity index (χ0n) is 39.8. The molecular weight excluding hydrogens is 1110 g/mol. The van der Waals surface area contributed by atoms with Gasteiger partial charge < -0.3 is 50.9 Å². The number of aliphatic hydroxyl groups is 2. The van der Waals surface area contributed by atoms with Crippen LogP contribution in [0.4, 0.5) is 23.0 Å². The number of alkyl halides is 1. The summed E-state index contributed by atoms with van der Waals surface area (Å²) in [6.45, 7) is 6.31. The van der Waals surface area contributed by atoms with Crippen LogP contribution in [0.1, 0.15) is 97.0 Å². The number of halogens is 2. The van der Waals surface area contributed by atoms with Gasteiger partial charge in [0, 0.05) is 70.0 Å². The SMILES string of the molecule is C#CC(C)(C)O.CI.COc1cccc(NC(=O)C2CCC(n3cnc4c(N)nc(C#CC(C)(C)O)nc43)CC2)c1.COc1cccc(NC(=O)C2CCC(n3cnc4c(N)nc(I)nc43)CC2)c1. The van der Waals surface area contributed by atoms with E-state index in [-0.39, 0.29) is 47.4 Å². The maximum atomic E-state index is 12.8. The number of methoxy groups -OCH3 is 2. The maximum Gasteiger partial charge on any atom is 0.227 e. The summed E-state index contributed by atoms with van der Waals surface area (Å²) in [5.41, 5.74) is 14.0. The van der Waals surface area contributed by atoms with Crippen molar-refractivity contribution in [2.75, 3.05) is 41.3 Å². The van der Waals surface area contributed by atoms with Crippen molar-refractivity contribution >= 4 is 102 Å². The molecule has 0 aliphatic heterocycles. The fourth-order valence-corrected chi connectivity index (χ4v) is 8.26. The van der Waals surface area contributed by atoms with E-state index < -0.39 is 11.2 Å². The van der Waals surface area contributed by atoms with Crippen LogP contribution in [-0.4, -0.2) is 91.4 Å².